The van der Waals surface area contributed by atoms with Crippen molar-refractivity contribution in [2.75, 3.05) is 0 Å². The Labute approximate surface area is 110 Å². The Kier molecular flexibility index (Phi) is 2.78. The number of hydrogen-bond donors (Lipinski definition) is 3. The predicted octanol–water partition coefficient (Wildman–Crippen LogP) is 1.68. The van der Waals surface area contributed by atoms with Gasteiger partial charge in [0.05, 0.1) is 17.9 Å². The van der Waals surface area contributed by atoms with Crippen molar-refractivity contribution in [1.82, 2.24) is 25.4 Å². The summed E-state index contributed by atoms with van der Waals surface area (Å²) in [6, 6.07) is 0. The minimum atomic E-state index is -1.43. The van der Waals surface area contributed by atoms with Crippen molar-refractivity contribution in [2.24, 2.45) is 0 Å². The first-order valence-electron chi connectivity index (χ1n) is 5.53. The molecule has 0 fully saturated rings. The van der Waals surface area contributed by atoms with Crippen molar-refractivity contribution >= 4 is 17.1 Å². The summed E-state index contributed by atoms with van der Waals surface area (Å²) in [6.07, 6.45) is 2.55. The molecular formula is C11H8FN5O3. The lowest BCUT2D eigenvalue weighted by Gasteiger charge is -2.02. The zero-order chi connectivity index (χ0) is 14.1. The van der Waals surface area contributed by atoms with E-state index in [0.29, 0.717) is 22.5 Å². The molecule has 0 aliphatic rings. The van der Waals surface area contributed by atoms with Crippen molar-refractivity contribution in [3.8, 4) is 11.4 Å². The fraction of sp³-hybridized carbons (Fsp3) is 0.0909. The Morgan fingerprint density at radius 2 is 2.30 bits per heavy atom. The SMILES string of the molecule is O=C(O)OCc1c[nH]c2c(-c3cn[nH]n3)ncc(F)c12. The van der Waals surface area contributed by atoms with E-state index in [2.05, 4.69) is 30.1 Å². The molecule has 0 radical (unpaired) electrons. The number of nitrogens with zero attached hydrogens (tertiary/aromatic N) is 3. The third-order valence-electron chi connectivity index (χ3n) is 2.75. The second-order valence-electron chi connectivity index (χ2n) is 3.93. The first-order valence-corrected chi connectivity index (χ1v) is 5.53. The van der Waals surface area contributed by atoms with Gasteiger partial charge < -0.3 is 14.8 Å². The highest BCUT2D eigenvalue weighted by atomic mass is 19.1. The van der Waals surface area contributed by atoms with E-state index in [0.717, 1.165) is 6.20 Å². The van der Waals surface area contributed by atoms with Gasteiger partial charge in [-0.05, 0) is 0 Å². The Balaban J connectivity index is 2.12. The van der Waals surface area contributed by atoms with Crippen molar-refractivity contribution in [1.29, 1.82) is 0 Å². The number of aromatic amines is 2. The molecule has 0 aromatic carbocycles. The van der Waals surface area contributed by atoms with Crippen molar-refractivity contribution in [2.45, 2.75) is 6.61 Å². The molecule has 3 N–H and O–H groups in total. The maximum atomic E-state index is 13.9. The van der Waals surface area contributed by atoms with Crippen LogP contribution in [0.2, 0.25) is 0 Å². The highest BCUT2D eigenvalue weighted by Gasteiger charge is 2.17. The molecule has 3 aromatic heterocycles. The van der Waals surface area contributed by atoms with E-state index in [1.807, 2.05) is 0 Å². The smallest absolute Gasteiger partial charge is 0.450 e. The van der Waals surface area contributed by atoms with E-state index < -0.39 is 12.0 Å². The van der Waals surface area contributed by atoms with Crippen LogP contribution in [0.3, 0.4) is 0 Å². The molecule has 0 atom stereocenters. The van der Waals surface area contributed by atoms with Crippen LogP contribution in [0.1, 0.15) is 5.56 Å². The number of ether oxygens (including phenoxy) is 1. The minimum Gasteiger partial charge on any atom is -0.450 e. The highest BCUT2D eigenvalue weighted by molar-refractivity contribution is 5.93. The van der Waals surface area contributed by atoms with E-state index in [4.69, 9.17) is 5.11 Å². The van der Waals surface area contributed by atoms with Gasteiger partial charge in [-0.25, -0.2) is 14.2 Å². The van der Waals surface area contributed by atoms with E-state index in [1.165, 1.54) is 12.4 Å². The number of carbonyl (C=O) groups is 1. The second kappa shape index (κ2) is 4.61. The topological polar surface area (TPSA) is 117 Å². The summed E-state index contributed by atoms with van der Waals surface area (Å²) in [4.78, 5) is 17.2. The Morgan fingerprint density at radius 1 is 1.45 bits per heavy atom. The van der Waals surface area contributed by atoms with E-state index in [9.17, 15) is 9.18 Å². The van der Waals surface area contributed by atoms with Crippen molar-refractivity contribution < 1.29 is 19.0 Å². The molecule has 3 heterocycles. The summed E-state index contributed by atoms with van der Waals surface area (Å²) >= 11 is 0. The number of nitrogens with one attached hydrogen (secondary N) is 2. The Hall–Kier alpha value is -2.97. The van der Waals surface area contributed by atoms with Gasteiger partial charge in [-0.2, -0.15) is 15.4 Å². The summed E-state index contributed by atoms with van der Waals surface area (Å²) in [5, 5.41) is 18.7. The molecule has 0 spiro atoms. The molecule has 0 aliphatic heterocycles. The number of H-pyrrole nitrogens is 2. The van der Waals surface area contributed by atoms with Gasteiger partial charge >= 0.3 is 6.16 Å². The quantitative estimate of drug-likeness (QED) is 0.627. The number of hydrogen-bond acceptors (Lipinski definition) is 5. The highest BCUT2D eigenvalue weighted by Crippen LogP contribution is 2.28. The number of fused-ring (bicyclic) bond motifs is 1. The molecule has 102 valence electrons. The number of rotatable bonds is 3. The molecule has 0 saturated carbocycles. The van der Waals surface area contributed by atoms with E-state index in [-0.39, 0.29) is 12.0 Å². The molecule has 3 rings (SSSR count). The molecular weight excluding hydrogens is 269 g/mol. The summed E-state index contributed by atoms with van der Waals surface area (Å²) in [7, 11) is 0. The van der Waals surface area contributed by atoms with Crippen LogP contribution in [0, 0.1) is 5.82 Å². The van der Waals surface area contributed by atoms with Gasteiger partial charge in [-0.15, -0.1) is 0 Å². The lowest BCUT2D eigenvalue weighted by atomic mass is 10.1. The zero-order valence-corrected chi connectivity index (χ0v) is 9.92. The average Bonchev–Trinajstić information content (AvgIpc) is 3.06. The van der Waals surface area contributed by atoms with Crippen LogP contribution in [-0.4, -0.2) is 36.6 Å². The molecule has 0 aliphatic carbocycles. The molecule has 8 nitrogen and oxygen atoms in total. The first kappa shape index (κ1) is 12.1. The van der Waals surface area contributed by atoms with Gasteiger partial charge in [-0.1, -0.05) is 0 Å². The van der Waals surface area contributed by atoms with Crippen LogP contribution >= 0.6 is 0 Å². The number of halogens is 1. The normalized spacial score (nSPS) is 10.8. The van der Waals surface area contributed by atoms with Crippen LogP contribution in [0.25, 0.3) is 22.3 Å². The van der Waals surface area contributed by atoms with E-state index >= 15 is 0 Å². The zero-order valence-electron chi connectivity index (χ0n) is 9.92. The molecule has 3 aromatic rings. The largest absolute Gasteiger partial charge is 0.506 e. The fourth-order valence-corrected chi connectivity index (χ4v) is 1.94. The van der Waals surface area contributed by atoms with Gasteiger partial charge in [0.15, 0.2) is 5.82 Å². The first-order chi connectivity index (χ1) is 9.66. The molecule has 0 amide bonds. The lowest BCUT2D eigenvalue weighted by molar-refractivity contribution is 0.0857. The molecule has 0 saturated heterocycles. The number of carboxylic acid groups (broad SMARTS) is 1. The van der Waals surface area contributed by atoms with Crippen LogP contribution in [0.4, 0.5) is 9.18 Å². The lowest BCUT2D eigenvalue weighted by Crippen LogP contribution is -2.00. The van der Waals surface area contributed by atoms with Gasteiger partial charge in [0, 0.05) is 17.1 Å². The fourth-order valence-electron chi connectivity index (χ4n) is 1.94. The minimum absolute atomic E-state index is 0.222. The van der Waals surface area contributed by atoms with E-state index in [1.54, 1.807) is 0 Å². The molecule has 0 unspecified atom stereocenters. The van der Waals surface area contributed by atoms with Crippen molar-refractivity contribution in [3.63, 3.8) is 0 Å². The van der Waals surface area contributed by atoms with Crippen LogP contribution < -0.4 is 0 Å². The monoisotopic (exact) mass is 277 g/mol. The summed E-state index contributed by atoms with van der Waals surface area (Å²) in [5.41, 5.74) is 1.65. The standard InChI is InChI=1S/C11H8FN5O3/c12-6-2-14-9(7-3-15-17-16-7)10-8(6)5(1-13-10)4-20-11(18)19/h1-3,13H,4H2,(H,18,19)(H,15,16,17). The van der Waals surface area contributed by atoms with Crippen molar-refractivity contribution in [3.05, 3.63) is 30.0 Å². The molecule has 9 heteroatoms. The van der Waals surface area contributed by atoms with Gasteiger partial charge in [-0.3, -0.25) is 0 Å². The summed E-state index contributed by atoms with van der Waals surface area (Å²) in [6.45, 7) is -0.255. The number of pyridine rings is 1. The van der Waals surface area contributed by atoms with Crippen LogP contribution in [-0.2, 0) is 11.3 Å². The third-order valence-corrected chi connectivity index (χ3v) is 2.75. The maximum Gasteiger partial charge on any atom is 0.506 e. The number of aromatic nitrogens is 5. The second-order valence-corrected chi connectivity index (χ2v) is 3.93. The summed E-state index contributed by atoms with van der Waals surface area (Å²) < 4.78 is 18.4. The van der Waals surface area contributed by atoms with Gasteiger partial charge in [0.25, 0.3) is 0 Å². The summed E-state index contributed by atoms with van der Waals surface area (Å²) in [5.74, 6) is -0.572. The predicted molar refractivity (Wildman–Crippen MR) is 64.2 cm³/mol. The Bertz CT molecular complexity index is 768. The van der Waals surface area contributed by atoms with Crippen LogP contribution in [0.5, 0.6) is 0 Å². The third kappa shape index (κ3) is 1.94. The van der Waals surface area contributed by atoms with Crippen LogP contribution in [0.15, 0.2) is 18.6 Å². The average molecular weight is 277 g/mol. The maximum absolute atomic E-state index is 13.9. The molecule has 0 bridgehead atoms. The molecule has 20 heavy (non-hydrogen) atoms. The van der Waals surface area contributed by atoms with Gasteiger partial charge in [0.1, 0.15) is 18.0 Å². The van der Waals surface area contributed by atoms with Gasteiger partial charge in [0.2, 0.25) is 0 Å². The Morgan fingerprint density at radius 3 is 3.00 bits per heavy atom.